The normalized spacial score (nSPS) is 20.7. The Hall–Kier alpha value is -1.19. The van der Waals surface area contributed by atoms with Crippen LogP contribution in [-0.4, -0.2) is 10.1 Å². The second-order valence-electron chi connectivity index (χ2n) is 6.44. The molecule has 0 spiro atoms. The molecule has 0 saturated heterocycles. The van der Waals surface area contributed by atoms with Gasteiger partial charge in [-0.2, -0.15) is 0 Å². The maximum Gasteiger partial charge on any atom is 0.123 e. The zero-order valence-electron chi connectivity index (χ0n) is 12.3. The lowest BCUT2D eigenvalue weighted by Crippen LogP contribution is -2.24. The minimum Gasteiger partial charge on any atom is -0.387 e. The van der Waals surface area contributed by atoms with Crippen LogP contribution in [0.25, 0.3) is 10.6 Å². The van der Waals surface area contributed by atoms with E-state index in [1.54, 1.807) is 11.3 Å². The van der Waals surface area contributed by atoms with Crippen molar-refractivity contribution in [3.05, 3.63) is 40.4 Å². The number of thiazole rings is 1. The third kappa shape index (κ3) is 2.52. The van der Waals surface area contributed by atoms with Crippen molar-refractivity contribution in [2.24, 2.45) is 5.41 Å². The number of aromatic nitrogens is 1. The molecule has 3 heteroatoms. The molecule has 0 saturated carbocycles. The zero-order valence-corrected chi connectivity index (χ0v) is 13.1. The summed E-state index contributed by atoms with van der Waals surface area (Å²) in [5.41, 5.74) is 3.74. The fraction of sp³-hybridized carbons (Fsp3) is 0.471. The van der Waals surface area contributed by atoms with Gasteiger partial charge in [0.2, 0.25) is 0 Å². The molecule has 0 radical (unpaired) electrons. The highest BCUT2D eigenvalue weighted by Gasteiger charge is 2.34. The predicted octanol–water partition coefficient (Wildman–Crippen LogP) is 4.38. The first-order chi connectivity index (χ1) is 9.48. The lowest BCUT2D eigenvalue weighted by molar-refractivity contribution is 0.102. The largest absolute Gasteiger partial charge is 0.387 e. The molecule has 1 unspecified atom stereocenters. The quantitative estimate of drug-likeness (QED) is 0.889. The molecule has 1 heterocycles. The Bertz CT molecular complexity index is 612. The molecule has 0 aliphatic heterocycles. The number of hydrogen-bond donors (Lipinski definition) is 1. The molecule has 1 aliphatic carbocycles. The van der Waals surface area contributed by atoms with Crippen molar-refractivity contribution < 1.29 is 5.11 Å². The fourth-order valence-corrected chi connectivity index (χ4v) is 3.97. The van der Waals surface area contributed by atoms with Crippen LogP contribution in [0.2, 0.25) is 0 Å². The van der Waals surface area contributed by atoms with Gasteiger partial charge in [-0.1, -0.05) is 45.0 Å². The first kappa shape index (κ1) is 13.8. The minimum atomic E-state index is -0.352. The Labute approximate surface area is 124 Å². The van der Waals surface area contributed by atoms with Crippen molar-refractivity contribution in [1.29, 1.82) is 0 Å². The summed E-state index contributed by atoms with van der Waals surface area (Å²) in [7, 11) is 0. The van der Waals surface area contributed by atoms with E-state index in [9.17, 15) is 5.11 Å². The number of benzene rings is 1. The highest BCUT2D eigenvalue weighted by atomic mass is 32.1. The van der Waals surface area contributed by atoms with E-state index in [0.29, 0.717) is 0 Å². The first-order valence-corrected chi connectivity index (χ1v) is 8.07. The molecule has 0 bridgehead atoms. The van der Waals surface area contributed by atoms with Gasteiger partial charge >= 0.3 is 0 Å². The van der Waals surface area contributed by atoms with Gasteiger partial charge in [-0.3, -0.25) is 0 Å². The Morgan fingerprint density at radius 3 is 2.65 bits per heavy atom. The molecule has 20 heavy (non-hydrogen) atoms. The van der Waals surface area contributed by atoms with Gasteiger partial charge in [-0.15, -0.1) is 11.3 Å². The van der Waals surface area contributed by atoms with Crippen LogP contribution in [0.1, 0.15) is 49.4 Å². The minimum absolute atomic E-state index is 0.143. The van der Waals surface area contributed by atoms with Crippen molar-refractivity contribution in [1.82, 2.24) is 4.98 Å². The van der Waals surface area contributed by atoms with Crippen LogP contribution in [0.3, 0.4) is 0 Å². The van der Waals surface area contributed by atoms with Crippen LogP contribution in [0, 0.1) is 5.41 Å². The van der Waals surface area contributed by atoms with Crippen molar-refractivity contribution in [2.75, 3.05) is 0 Å². The van der Waals surface area contributed by atoms with E-state index < -0.39 is 0 Å². The van der Waals surface area contributed by atoms with Crippen LogP contribution in [-0.2, 0) is 12.8 Å². The maximum atomic E-state index is 10.3. The average Bonchev–Trinajstić information content (AvgIpc) is 2.81. The summed E-state index contributed by atoms with van der Waals surface area (Å²) in [6.07, 6.45) is 2.50. The molecular weight excluding hydrogens is 266 g/mol. The molecule has 106 valence electrons. The summed E-state index contributed by atoms with van der Waals surface area (Å²) in [6.45, 7) is 6.57. The zero-order chi connectivity index (χ0) is 14.3. The third-order valence-corrected chi connectivity index (χ3v) is 5.28. The number of aliphatic hydroxyl groups is 1. The third-order valence-electron chi connectivity index (χ3n) is 4.03. The van der Waals surface area contributed by atoms with Crippen molar-refractivity contribution in [3.8, 4) is 10.6 Å². The van der Waals surface area contributed by atoms with E-state index in [-0.39, 0.29) is 11.5 Å². The fourth-order valence-electron chi connectivity index (χ4n) is 2.90. The van der Waals surface area contributed by atoms with Crippen LogP contribution in [0.4, 0.5) is 0 Å². The van der Waals surface area contributed by atoms with Gasteiger partial charge in [-0.25, -0.2) is 4.98 Å². The SMILES string of the molecule is CCc1ccc(-c2nc3c(s2)C(O)CC(C)(C)C3)cc1. The Balaban J connectivity index is 1.96. The number of hydrogen-bond acceptors (Lipinski definition) is 3. The molecule has 0 fully saturated rings. The standard InChI is InChI=1S/C17H21NOS/c1-4-11-5-7-12(8-6-11)16-18-13-9-17(2,3)10-14(19)15(13)20-16/h5-8,14,19H,4,9-10H2,1-3H3. The van der Waals surface area contributed by atoms with Crippen LogP contribution in [0.15, 0.2) is 24.3 Å². The molecule has 1 aliphatic rings. The molecule has 3 rings (SSSR count). The molecule has 2 nitrogen and oxygen atoms in total. The summed E-state index contributed by atoms with van der Waals surface area (Å²) in [5.74, 6) is 0. The van der Waals surface area contributed by atoms with E-state index >= 15 is 0 Å². The van der Waals surface area contributed by atoms with Crippen LogP contribution in [0.5, 0.6) is 0 Å². The average molecular weight is 287 g/mol. The number of aryl methyl sites for hydroxylation is 1. The summed E-state index contributed by atoms with van der Waals surface area (Å²) in [5, 5.41) is 11.3. The van der Waals surface area contributed by atoms with Crippen molar-refractivity contribution in [2.45, 2.75) is 46.1 Å². The Kier molecular flexibility index (Phi) is 3.43. The molecule has 2 aromatic rings. The monoisotopic (exact) mass is 287 g/mol. The van der Waals surface area contributed by atoms with Gasteiger partial charge < -0.3 is 5.11 Å². The lowest BCUT2D eigenvalue weighted by atomic mass is 9.77. The number of fused-ring (bicyclic) bond motifs is 1. The Morgan fingerprint density at radius 2 is 2.00 bits per heavy atom. The Morgan fingerprint density at radius 1 is 1.30 bits per heavy atom. The van der Waals surface area contributed by atoms with E-state index in [1.807, 2.05) is 0 Å². The van der Waals surface area contributed by atoms with Crippen LogP contribution >= 0.6 is 11.3 Å². The van der Waals surface area contributed by atoms with Gasteiger partial charge in [0, 0.05) is 5.56 Å². The number of nitrogens with zero attached hydrogens (tertiary/aromatic N) is 1. The van der Waals surface area contributed by atoms with E-state index in [1.165, 1.54) is 5.56 Å². The topological polar surface area (TPSA) is 33.1 Å². The van der Waals surface area contributed by atoms with Gasteiger partial charge in [0.25, 0.3) is 0 Å². The van der Waals surface area contributed by atoms with E-state index in [0.717, 1.165) is 40.4 Å². The van der Waals surface area contributed by atoms with Gasteiger partial charge in [0.05, 0.1) is 16.7 Å². The summed E-state index contributed by atoms with van der Waals surface area (Å²) in [6, 6.07) is 8.60. The van der Waals surface area contributed by atoms with Gasteiger partial charge in [0.15, 0.2) is 0 Å². The summed E-state index contributed by atoms with van der Waals surface area (Å²) < 4.78 is 0. The van der Waals surface area contributed by atoms with Gasteiger partial charge in [-0.05, 0) is 30.2 Å². The van der Waals surface area contributed by atoms with Crippen LogP contribution < -0.4 is 0 Å². The van der Waals surface area contributed by atoms with E-state index in [4.69, 9.17) is 4.98 Å². The molecule has 1 atom stereocenters. The first-order valence-electron chi connectivity index (χ1n) is 7.25. The number of aliphatic hydroxyl groups excluding tert-OH is 1. The van der Waals surface area contributed by atoms with Crippen molar-refractivity contribution in [3.63, 3.8) is 0 Å². The molecule has 1 aromatic heterocycles. The highest BCUT2D eigenvalue weighted by Crippen LogP contribution is 2.44. The van der Waals surface area contributed by atoms with Crippen molar-refractivity contribution >= 4 is 11.3 Å². The second kappa shape index (κ2) is 4.97. The van der Waals surface area contributed by atoms with E-state index in [2.05, 4.69) is 45.0 Å². The second-order valence-corrected chi connectivity index (χ2v) is 7.47. The number of rotatable bonds is 2. The summed E-state index contributed by atoms with van der Waals surface area (Å²) >= 11 is 1.65. The molecular formula is C17H21NOS. The van der Waals surface area contributed by atoms with Gasteiger partial charge in [0.1, 0.15) is 5.01 Å². The maximum absolute atomic E-state index is 10.3. The predicted molar refractivity (Wildman–Crippen MR) is 84.0 cm³/mol. The lowest BCUT2D eigenvalue weighted by Gasteiger charge is -2.31. The molecule has 0 amide bonds. The smallest absolute Gasteiger partial charge is 0.123 e. The molecule has 1 N–H and O–H groups in total. The highest BCUT2D eigenvalue weighted by molar-refractivity contribution is 7.15. The molecule has 1 aromatic carbocycles. The summed E-state index contributed by atoms with van der Waals surface area (Å²) in [4.78, 5) is 5.85.